The first-order valence-electron chi connectivity index (χ1n) is 14.4. The Morgan fingerprint density at radius 3 is 0.953 bits per heavy atom. The topological polar surface area (TPSA) is 25.8 Å². The zero-order valence-electron chi connectivity index (χ0n) is 23.8. The van der Waals surface area contributed by atoms with Crippen LogP contribution in [0, 0.1) is 0 Å². The molecule has 0 amide bonds. The molecule has 43 heavy (non-hydrogen) atoms. The van der Waals surface area contributed by atoms with E-state index in [4.69, 9.17) is 0 Å². The Bertz CT molecular complexity index is 1620. The Kier molecular flexibility index (Phi) is 11.2. The van der Waals surface area contributed by atoms with Crippen LogP contribution in [0.15, 0.2) is 170 Å². The van der Waals surface area contributed by atoms with Gasteiger partial charge in [-0.2, -0.15) is 0 Å². The summed E-state index contributed by atoms with van der Waals surface area (Å²) in [6.07, 6.45) is 6.13. The van der Waals surface area contributed by atoms with Gasteiger partial charge in [0.25, 0.3) is 0 Å². The molecule has 5 aromatic carbocycles. The Labute approximate surface area is 267 Å². The van der Waals surface area contributed by atoms with Crippen molar-refractivity contribution in [2.75, 3.05) is 12.3 Å². The van der Waals surface area contributed by atoms with Gasteiger partial charge in [0.1, 0.15) is 12.3 Å². The van der Waals surface area contributed by atoms with Crippen molar-refractivity contribution in [1.29, 1.82) is 0 Å². The summed E-state index contributed by atoms with van der Waals surface area (Å²) < 4.78 is 0. The average Bonchev–Trinajstić information content (AvgIpc) is 3.08. The maximum atomic E-state index is 4.35. The van der Waals surface area contributed by atoms with Crippen LogP contribution in [-0.4, -0.2) is 22.3 Å². The second-order valence-corrected chi connectivity index (χ2v) is 15.4. The standard InChI is InChI=1S/C26H24P2.C12H8N2.Cu/c1-5-13-23(14-6-1)27(24-15-7-2-8-16-24)21-22-28(25-17-9-3-10-18-25)26-19-11-4-12-20-26;1-3-9-5-6-10-4-2-8-14-12(10)11(9)13-7-1;/h1-20H,21-22H2;1-8H;/p+2. The van der Waals surface area contributed by atoms with Crippen molar-refractivity contribution in [2.24, 2.45) is 0 Å². The van der Waals surface area contributed by atoms with Crippen LogP contribution in [-0.2, 0) is 17.1 Å². The van der Waals surface area contributed by atoms with Crippen LogP contribution in [0.4, 0.5) is 0 Å². The smallest absolute Gasteiger partial charge is 0.101 e. The van der Waals surface area contributed by atoms with Crippen LogP contribution in [0.2, 0.25) is 0 Å². The molecule has 7 aromatic rings. The molecule has 0 aliphatic rings. The Balaban J connectivity index is 0.000000205. The number of rotatable bonds is 7. The number of fused-ring (bicyclic) bond motifs is 3. The first kappa shape index (κ1) is 30.7. The molecular weight excluding hydrogens is 610 g/mol. The fourth-order valence-electron chi connectivity index (χ4n) is 5.40. The summed E-state index contributed by atoms with van der Waals surface area (Å²) in [5.41, 5.74) is 1.95. The summed E-state index contributed by atoms with van der Waals surface area (Å²) in [7, 11) is -1.57. The molecule has 0 fully saturated rings. The maximum absolute atomic E-state index is 4.35. The van der Waals surface area contributed by atoms with Gasteiger partial charge in [-0.3, -0.25) is 9.97 Å². The average molecular weight is 644 g/mol. The second-order valence-electron chi connectivity index (χ2n) is 10.1. The van der Waals surface area contributed by atoms with Crippen molar-refractivity contribution < 1.29 is 17.1 Å². The van der Waals surface area contributed by atoms with Crippen molar-refractivity contribution in [3.05, 3.63) is 170 Å². The molecule has 0 spiro atoms. The van der Waals surface area contributed by atoms with Gasteiger partial charge in [-0.1, -0.05) is 97.1 Å². The van der Waals surface area contributed by atoms with Gasteiger partial charge in [0.2, 0.25) is 0 Å². The van der Waals surface area contributed by atoms with Crippen LogP contribution < -0.4 is 21.2 Å². The molecule has 1 radical (unpaired) electrons. The third-order valence-electron chi connectivity index (χ3n) is 7.46. The predicted octanol–water partition coefficient (Wildman–Crippen LogP) is 7.50. The number of benzene rings is 5. The normalized spacial score (nSPS) is 10.7. The molecule has 0 unspecified atom stereocenters. The molecule has 215 valence electrons. The first-order chi connectivity index (χ1) is 20.9. The van der Waals surface area contributed by atoms with Gasteiger partial charge in [0.05, 0.1) is 48.1 Å². The molecule has 0 bridgehead atoms. The van der Waals surface area contributed by atoms with Crippen molar-refractivity contribution >= 4 is 58.9 Å². The van der Waals surface area contributed by atoms with Crippen LogP contribution in [0.5, 0.6) is 0 Å². The summed E-state index contributed by atoms with van der Waals surface area (Å²) in [5, 5.41) is 8.34. The summed E-state index contributed by atoms with van der Waals surface area (Å²) in [4.78, 5) is 8.69. The predicted molar refractivity (Wildman–Crippen MR) is 188 cm³/mol. The largest absolute Gasteiger partial charge is 0.254 e. The van der Waals surface area contributed by atoms with E-state index in [2.05, 4.69) is 156 Å². The number of hydrogen-bond donors (Lipinski definition) is 0. The fraction of sp³-hybridized carbons (Fsp3) is 0.0526. The minimum atomic E-state index is -0.783. The molecule has 0 aliphatic carbocycles. The summed E-state index contributed by atoms with van der Waals surface area (Å²) in [6.45, 7) is 0. The molecule has 2 nitrogen and oxygen atoms in total. The number of pyridine rings is 2. The van der Waals surface area contributed by atoms with E-state index in [0.29, 0.717) is 0 Å². The number of nitrogens with zero attached hydrogens (tertiary/aromatic N) is 2. The van der Waals surface area contributed by atoms with E-state index >= 15 is 0 Å². The van der Waals surface area contributed by atoms with Gasteiger partial charge in [-0.15, -0.1) is 0 Å². The Hall–Kier alpha value is -3.70. The molecule has 0 atom stereocenters. The van der Waals surface area contributed by atoms with Crippen molar-refractivity contribution in [2.45, 2.75) is 0 Å². The SMILES string of the molecule is [Cu].c1ccc([PH+](CC[PH+](c2ccccc2)c2ccccc2)c2ccccc2)cc1.c1cnc2c(c1)ccc1cccnc12. The third-order valence-corrected chi connectivity index (χ3v) is 13.6. The van der Waals surface area contributed by atoms with E-state index < -0.39 is 15.8 Å². The Morgan fingerprint density at radius 1 is 0.349 bits per heavy atom. The molecular formula is C38H34CuN2P2+2. The van der Waals surface area contributed by atoms with Crippen molar-refractivity contribution in [3.63, 3.8) is 0 Å². The zero-order valence-corrected chi connectivity index (χ0v) is 26.7. The van der Waals surface area contributed by atoms with E-state index in [1.54, 1.807) is 12.4 Å². The van der Waals surface area contributed by atoms with Gasteiger partial charge in [-0.05, 0) is 60.7 Å². The van der Waals surface area contributed by atoms with Gasteiger partial charge < -0.3 is 0 Å². The van der Waals surface area contributed by atoms with Crippen LogP contribution in [0.25, 0.3) is 21.8 Å². The van der Waals surface area contributed by atoms with Crippen LogP contribution in [0.1, 0.15) is 0 Å². The number of hydrogen-bond acceptors (Lipinski definition) is 2. The van der Waals surface area contributed by atoms with Crippen molar-refractivity contribution in [3.8, 4) is 0 Å². The van der Waals surface area contributed by atoms with E-state index in [1.807, 2.05) is 12.1 Å². The minimum Gasteiger partial charge on any atom is -0.254 e. The molecule has 0 saturated carbocycles. The van der Waals surface area contributed by atoms with Gasteiger partial charge >= 0.3 is 0 Å². The Morgan fingerprint density at radius 2 is 0.651 bits per heavy atom. The second kappa shape index (κ2) is 15.7. The maximum Gasteiger partial charge on any atom is 0.101 e. The fourth-order valence-corrected chi connectivity index (χ4v) is 11.6. The monoisotopic (exact) mass is 643 g/mol. The molecule has 2 aromatic heterocycles. The zero-order chi connectivity index (χ0) is 28.4. The van der Waals surface area contributed by atoms with Gasteiger partial charge in [0, 0.05) is 40.2 Å². The summed E-state index contributed by atoms with van der Waals surface area (Å²) >= 11 is 0. The molecule has 2 heterocycles. The van der Waals surface area contributed by atoms with Gasteiger partial charge in [0.15, 0.2) is 0 Å². The molecule has 0 aliphatic heterocycles. The van der Waals surface area contributed by atoms with E-state index in [1.165, 1.54) is 33.5 Å². The van der Waals surface area contributed by atoms with E-state index in [9.17, 15) is 0 Å². The van der Waals surface area contributed by atoms with Crippen molar-refractivity contribution in [1.82, 2.24) is 9.97 Å². The van der Waals surface area contributed by atoms with E-state index in [0.717, 1.165) is 21.8 Å². The molecule has 0 N–H and O–H groups in total. The van der Waals surface area contributed by atoms with Crippen LogP contribution in [0.3, 0.4) is 0 Å². The summed E-state index contributed by atoms with van der Waals surface area (Å²) in [6, 6.07) is 56.6. The third kappa shape index (κ3) is 7.83. The first-order valence-corrected chi connectivity index (χ1v) is 17.8. The quantitative estimate of drug-likeness (QED) is 0.102. The molecule has 7 rings (SSSR count). The summed E-state index contributed by atoms with van der Waals surface area (Å²) in [5.74, 6) is 0. The number of aromatic nitrogens is 2. The van der Waals surface area contributed by atoms with Crippen LogP contribution >= 0.6 is 15.8 Å². The van der Waals surface area contributed by atoms with E-state index in [-0.39, 0.29) is 17.1 Å². The minimum absolute atomic E-state index is 0. The molecule has 5 heteroatoms. The molecule has 0 saturated heterocycles. The van der Waals surface area contributed by atoms with Gasteiger partial charge in [-0.25, -0.2) is 0 Å².